The Labute approximate surface area is 112 Å². The van der Waals surface area contributed by atoms with Gasteiger partial charge in [0.2, 0.25) is 0 Å². The van der Waals surface area contributed by atoms with E-state index in [1.54, 1.807) is 14.0 Å². The minimum Gasteiger partial charge on any atom is -0.491 e. The van der Waals surface area contributed by atoms with Crippen LogP contribution in [-0.4, -0.2) is 31.2 Å². The van der Waals surface area contributed by atoms with Crippen LogP contribution in [0.15, 0.2) is 30.3 Å². The van der Waals surface area contributed by atoms with Gasteiger partial charge in [-0.2, -0.15) is 0 Å². The van der Waals surface area contributed by atoms with Crippen LogP contribution in [0.1, 0.15) is 12.5 Å². The summed E-state index contributed by atoms with van der Waals surface area (Å²) in [5.74, 6) is 1.55. The molecule has 0 atom stereocenters. The first-order valence-electron chi connectivity index (χ1n) is 5.74. The Hall–Kier alpha value is -1.26. The molecule has 0 N–H and O–H groups in total. The van der Waals surface area contributed by atoms with E-state index in [2.05, 4.69) is 0 Å². The van der Waals surface area contributed by atoms with Crippen molar-refractivity contribution in [3.05, 3.63) is 35.9 Å². The predicted octanol–water partition coefficient (Wildman–Crippen LogP) is 3.00. The van der Waals surface area contributed by atoms with Gasteiger partial charge >= 0.3 is 0 Å². The Morgan fingerprint density at radius 1 is 1.28 bits per heavy atom. The second-order valence-corrected chi connectivity index (χ2v) is 4.81. The van der Waals surface area contributed by atoms with Gasteiger partial charge in [0.05, 0.1) is 6.61 Å². The standard InChI is InChI=1S/C14H18O3S/c1-12(15)18-11-3-4-13-5-7-14(8-6-13)17-10-9-16-2/h3-8H,9-11H2,1-2H3. The average molecular weight is 266 g/mol. The highest BCUT2D eigenvalue weighted by Crippen LogP contribution is 2.13. The summed E-state index contributed by atoms with van der Waals surface area (Å²) in [7, 11) is 1.65. The number of benzene rings is 1. The van der Waals surface area contributed by atoms with Gasteiger partial charge in [-0.05, 0) is 17.7 Å². The topological polar surface area (TPSA) is 35.5 Å². The molecule has 0 unspecified atom stereocenters. The lowest BCUT2D eigenvalue weighted by molar-refractivity contribution is -0.109. The minimum atomic E-state index is 0.140. The molecule has 98 valence electrons. The molecular weight excluding hydrogens is 248 g/mol. The van der Waals surface area contributed by atoms with Crippen molar-refractivity contribution < 1.29 is 14.3 Å². The first-order chi connectivity index (χ1) is 8.72. The van der Waals surface area contributed by atoms with Gasteiger partial charge in [-0.1, -0.05) is 36.0 Å². The quantitative estimate of drug-likeness (QED) is 0.711. The molecular formula is C14H18O3S. The van der Waals surface area contributed by atoms with Crippen LogP contribution in [0.25, 0.3) is 6.08 Å². The number of rotatable bonds is 7. The highest BCUT2D eigenvalue weighted by atomic mass is 32.2. The molecule has 0 saturated carbocycles. The summed E-state index contributed by atoms with van der Waals surface area (Å²) in [5.41, 5.74) is 1.10. The van der Waals surface area contributed by atoms with Crippen molar-refractivity contribution in [2.45, 2.75) is 6.92 Å². The smallest absolute Gasteiger partial charge is 0.186 e. The molecule has 0 spiro atoms. The molecule has 0 aliphatic rings. The third-order valence-corrected chi connectivity index (χ3v) is 2.90. The number of methoxy groups -OCH3 is 1. The molecule has 0 saturated heterocycles. The van der Waals surface area contributed by atoms with E-state index in [1.807, 2.05) is 36.4 Å². The zero-order chi connectivity index (χ0) is 13.2. The third kappa shape index (κ3) is 6.47. The van der Waals surface area contributed by atoms with Crippen molar-refractivity contribution in [1.29, 1.82) is 0 Å². The van der Waals surface area contributed by atoms with Crippen LogP contribution in [0.5, 0.6) is 5.75 Å². The van der Waals surface area contributed by atoms with Crippen molar-refractivity contribution in [2.24, 2.45) is 0 Å². The summed E-state index contributed by atoms with van der Waals surface area (Å²) in [6, 6.07) is 7.81. The summed E-state index contributed by atoms with van der Waals surface area (Å²) >= 11 is 1.30. The van der Waals surface area contributed by atoms with Crippen molar-refractivity contribution in [1.82, 2.24) is 0 Å². The van der Waals surface area contributed by atoms with Gasteiger partial charge < -0.3 is 9.47 Å². The molecule has 0 bridgehead atoms. The number of carbonyl (C=O) groups excluding carboxylic acids is 1. The van der Waals surface area contributed by atoms with Crippen molar-refractivity contribution in [3.63, 3.8) is 0 Å². The second kappa shape index (κ2) is 8.78. The van der Waals surface area contributed by atoms with Gasteiger partial charge in [-0.15, -0.1) is 0 Å². The predicted molar refractivity (Wildman–Crippen MR) is 76.0 cm³/mol. The minimum absolute atomic E-state index is 0.140. The molecule has 18 heavy (non-hydrogen) atoms. The number of ether oxygens (including phenoxy) is 2. The molecule has 1 aromatic rings. The summed E-state index contributed by atoms with van der Waals surface area (Å²) in [6.07, 6.45) is 3.97. The summed E-state index contributed by atoms with van der Waals surface area (Å²) in [6.45, 7) is 2.72. The van der Waals surface area contributed by atoms with Crippen LogP contribution in [0.4, 0.5) is 0 Å². The lowest BCUT2D eigenvalue weighted by Crippen LogP contribution is -2.03. The maximum absolute atomic E-state index is 10.7. The molecule has 0 radical (unpaired) electrons. The number of carbonyl (C=O) groups is 1. The van der Waals surface area contributed by atoms with Gasteiger partial charge in [0.25, 0.3) is 0 Å². The van der Waals surface area contributed by atoms with E-state index in [4.69, 9.17) is 9.47 Å². The largest absolute Gasteiger partial charge is 0.491 e. The SMILES string of the molecule is COCCOc1ccc(C=CCSC(C)=O)cc1. The van der Waals surface area contributed by atoms with E-state index in [0.29, 0.717) is 19.0 Å². The molecule has 0 aromatic heterocycles. The van der Waals surface area contributed by atoms with Crippen molar-refractivity contribution in [3.8, 4) is 5.75 Å². The average Bonchev–Trinajstić information content (AvgIpc) is 2.36. The van der Waals surface area contributed by atoms with E-state index in [1.165, 1.54) is 11.8 Å². The lowest BCUT2D eigenvalue weighted by atomic mass is 10.2. The first kappa shape index (κ1) is 14.8. The molecule has 0 aliphatic carbocycles. The van der Waals surface area contributed by atoms with Gasteiger partial charge in [-0.25, -0.2) is 0 Å². The lowest BCUT2D eigenvalue weighted by Gasteiger charge is -2.05. The Morgan fingerprint density at radius 3 is 2.61 bits per heavy atom. The molecule has 0 amide bonds. The van der Waals surface area contributed by atoms with E-state index in [9.17, 15) is 4.79 Å². The van der Waals surface area contributed by atoms with Gasteiger partial charge in [0.1, 0.15) is 12.4 Å². The summed E-state index contributed by atoms with van der Waals surface area (Å²) < 4.78 is 10.4. The van der Waals surface area contributed by atoms with Crippen LogP contribution < -0.4 is 4.74 Å². The van der Waals surface area contributed by atoms with Crippen LogP contribution in [-0.2, 0) is 9.53 Å². The third-order valence-electron chi connectivity index (χ3n) is 2.13. The normalized spacial score (nSPS) is 10.8. The van der Waals surface area contributed by atoms with Crippen LogP contribution >= 0.6 is 11.8 Å². The number of hydrogen-bond acceptors (Lipinski definition) is 4. The second-order valence-electron chi connectivity index (χ2n) is 3.62. The van der Waals surface area contributed by atoms with Crippen LogP contribution in [0.2, 0.25) is 0 Å². The number of hydrogen-bond donors (Lipinski definition) is 0. The van der Waals surface area contributed by atoms with Gasteiger partial charge in [-0.3, -0.25) is 4.79 Å². The summed E-state index contributed by atoms with van der Waals surface area (Å²) in [5, 5.41) is 0.140. The van der Waals surface area contributed by atoms with Crippen molar-refractivity contribution in [2.75, 3.05) is 26.1 Å². The van der Waals surface area contributed by atoms with Gasteiger partial charge in [0, 0.05) is 19.8 Å². The maximum atomic E-state index is 10.7. The fourth-order valence-electron chi connectivity index (χ4n) is 1.27. The fraction of sp³-hybridized carbons (Fsp3) is 0.357. The Kier molecular flexibility index (Phi) is 7.22. The molecule has 1 aromatic carbocycles. The molecule has 3 nitrogen and oxygen atoms in total. The Morgan fingerprint density at radius 2 is 2.00 bits per heavy atom. The number of thioether (sulfide) groups is 1. The highest BCUT2D eigenvalue weighted by molar-refractivity contribution is 8.13. The molecule has 4 heteroatoms. The molecule has 0 heterocycles. The maximum Gasteiger partial charge on any atom is 0.186 e. The van der Waals surface area contributed by atoms with E-state index < -0.39 is 0 Å². The molecule has 0 aliphatic heterocycles. The van der Waals surface area contributed by atoms with Crippen molar-refractivity contribution >= 4 is 23.0 Å². The molecule has 1 rings (SSSR count). The highest BCUT2D eigenvalue weighted by Gasteiger charge is 1.94. The first-order valence-corrected chi connectivity index (χ1v) is 6.72. The van der Waals surface area contributed by atoms with Crippen LogP contribution in [0, 0.1) is 0 Å². The summed E-state index contributed by atoms with van der Waals surface area (Å²) in [4.78, 5) is 10.7. The Balaban J connectivity index is 2.37. The van der Waals surface area contributed by atoms with Gasteiger partial charge in [0.15, 0.2) is 5.12 Å². The van der Waals surface area contributed by atoms with E-state index in [0.717, 1.165) is 11.3 Å². The van der Waals surface area contributed by atoms with Crippen LogP contribution in [0.3, 0.4) is 0 Å². The fourth-order valence-corrected chi connectivity index (χ4v) is 1.69. The van der Waals surface area contributed by atoms with E-state index >= 15 is 0 Å². The zero-order valence-corrected chi connectivity index (χ0v) is 11.5. The van der Waals surface area contributed by atoms with E-state index in [-0.39, 0.29) is 5.12 Å². The molecule has 0 fully saturated rings. The zero-order valence-electron chi connectivity index (χ0n) is 10.7. The monoisotopic (exact) mass is 266 g/mol. The Bertz CT molecular complexity index is 385.